The van der Waals surface area contributed by atoms with Gasteiger partial charge < -0.3 is 10.2 Å². The van der Waals surface area contributed by atoms with Crippen molar-refractivity contribution in [2.75, 3.05) is 23.3 Å². The van der Waals surface area contributed by atoms with Crippen molar-refractivity contribution in [1.82, 2.24) is 10.2 Å². The van der Waals surface area contributed by atoms with E-state index in [9.17, 15) is 9.59 Å². The van der Waals surface area contributed by atoms with Gasteiger partial charge in [0.2, 0.25) is 5.91 Å². The van der Waals surface area contributed by atoms with Gasteiger partial charge in [0.25, 0.3) is 5.56 Å². The van der Waals surface area contributed by atoms with Crippen molar-refractivity contribution >= 4 is 17.3 Å². The quantitative estimate of drug-likeness (QED) is 0.902. The molecule has 0 bridgehead atoms. The molecule has 2 aromatic rings. The van der Waals surface area contributed by atoms with Crippen molar-refractivity contribution < 1.29 is 4.79 Å². The van der Waals surface area contributed by atoms with E-state index < -0.39 is 0 Å². The van der Waals surface area contributed by atoms with Crippen molar-refractivity contribution in [2.24, 2.45) is 5.92 Å². The number of carbonyl (C=O) groups excluding carboxylic acids is 1. The average molecular weight is 312 g/mol. The summed E-state index contributed by atoms with van der Waals surface area (Å²) in [6, 6.07) is 9.43. The smallest absolute Gasteiger partial charge is 0.266 e. The van der Waals surface area contributed by atoms with E-state index in [1.54, 1.807) is 6.20 Å². The number of nitrogens with one attached hydrogen (secondary N) is 2. The van der Waals surface area contributed by atoms with E-state index in [2.05, 4.69) is 22.4 Å². The Morgan fingerprint density at radius 1 is 1.43 bits per heavy atom. The van der Waals surface area contributed by atoms with Gasteiger partial charge in [-0.1, -0.05) is 19.1 Å². The van der Waals surface area contributed by atoms with Crippen LogP contribution in [0, 0.1) is 5.92 Å². The van der Waals surface area contributed by atoms with Crippen LogP contribution < -0.4 is 15.8 Å². The molecule has 120 valence electrons. The lowest BCUT2D eigenvalue weighted by Crippen LogP contribution is -2.27. The molecule has 3 rings (SSSR count). The third-order valence-electron chi connectivity index (χ3n) is 4.18. The van der Waals surface area contributed by atoms with Crippen molar-refractivity contribution in [3.05, 3.63) is 52.4 Å². The Balaban J connectivity index is 1.64. The highest BCUT2D eigenvalue weighted by atomic mass is 16.2. The molecule has 1 aliphatic rings. The van der Waals surface area contributed by atoms with Gasteiger partial charge in [-0.25, -0.2) is 5.10 Å². The second kappa shape index (κ2) is 6.64. The Morgan fingerprint density at radius 2 is 2.30 bits per heavy atom. The fourth-order valence-corrected chi connectivity index (χ4v) is 2.86. The highest BCUT2D eigenvalue weighted by Gasteiger charge is 2.28. The fourth-order valence-electron chi connectivity index (χ4n) is 2.86. The van der Waals surface area contributed by atoms with Crippen LogP contribution in [0.5, 0.6) is 0 Å². The third kappa shape index (κ3) is 3.59. The summed E-state index contributed by atoms with van der Waals surface area (Å²) in [5, 5.41) is 9.16. The first-order valence-electron chi connectivity index (χ1n) is 7.85. The molecule has 1 fully saturated rings. The minimum absolute atomic E-state index is 0.0264. The summed E-state index contributed by atoms with van der Waals surface area (Å²) in [6.45, 7) is 3.44. The molecule has 1 saturated heterocycles. The van der Waals surface area contributed by atoms with Crippen LogP contribution in [0.25, 0.3) is 0 Å². The number of aryl methyl sites for hydroxylation is 1. The normalized spacial score (nSPS) is 17.3. The van der Waals surface area contributed by atoms with Crippen molar-refractivity contribution in [3.8, 4) is 0 Å². The number of benzene rings is 1. The number of rotatable bonds is 4. The molecule has 2 heterocycles. The molecule has 0 saturated carbocycles. The number of aromatic nitrogens is 2. The molecular formula is C17H20N4O2. The highest BCUT2D eigenvalue weighted by molar-refractivity contribution is 5.93. The predicted octanol–water partition coefficient (Wildman–Crippen LogP) is 1.80. The van der Waals surface area contributed by atoms with Crippen LogP contribution in [0.1, 0.15) is 18.9 Å². The lowest BCUT2D eigenvalue weighted by atomic mass is 10.1. The van der Waals surface area contributed by atoms with Crippen LogP contribution in [0.15, 0.2) is 41.3 Å². The molecule has 1 atom stereocenters. The zero-order valence-corrected chi connectivity index (χ0v) is 13.1. The van der Waals surface area contributed by atoms with Gasteiger partial charge in [-0.05, 0) is 30.5 Å². The van der Waals surface area contributed by atoms with Crippen LogP contribution >= 0.6 is 0 Å². The molecule has 23 heavy (non-hydrogen) atoms. The Labute approximate surface area is 134 Å². The van der Waals surface area contributed by atoms with Gasteiger partial charge >= 0.3 is 0 Å². The predicted molar refractivity (Wildman–Crippen MR) is 89.6 cm³/mol. The lowest BCUT2D eigenvalue weighted by molar-refractivity contribution is -0.119. The first-order chi connectivity index (χ1) is 11.2. The number of hydrogen-bond donors (Lipinski definition) is 2. The first-order valence-corrected chi connectivity index (χ1v) is 7.85. The summed E-state index contributed by atoms with van der Waals surface area (Å²) in [5.41, 5.74) is 2.57. The number of amides is 1. The lowest BCUT2D eigenvalue weighted by Gasteiger charge is -2.17. The number of hydrogen-bond acceptors (Lipinski definition) is 4. The zero-order valence-electron chi connectivity index (χ0n) is 13.1. The molecule has 1 aromatic carbocycles. The topological polar surface area (TPSA) is 78.1 Å². The number of carbonyl (C=O) groups is 1. The molecule has 1 unspecified atom stereocenters. The first kappa shape index (κ1) is 15.3. The summed E-state index contributed by atoms with van der Waals surface area (Å²) >= 11 is 0. The molecule has 1 aromatic heterocycles. The van der Waals surface area contributed by atoms with E-state index >= 15 is 0 Å². The van der Waals surface area contributed by atoms with E-state index in [4.69, 9.17) is 0 Å². The Hall–Kier alpha value is -2.63. The summed E-state index contributed by atoms with van der Waals surface area (Å²) in [7, 11) is 0. The summed E-state index contributed by atoms with van der Waals surface area (Å²) in [4.78, 5) is 25.8. The standard InChI is InChI=1S/C17H20N4O2/c1-2-12-4-3-5-14(8-12)19-17(23)13-6-7-21(11-13)15-9-16(22)20-18-10-15/h3-5,8-10,13H,2,6-7,11H2,1H3,(H,19,23)(H,20,22). The minimum Gasteiger partial charge on any atom is -0.369 e. The van der Waals surface area contributed by atoms with Crippen LogP contribution in [0.2, 0.25) is 0 Å². The molecule has 2 N–H and O–H groups in total. The number of aromatic amines is 1. The largest absolute Gasteiger partial charge is 0.369 e. The van der Waals surface area contributed by atoms with Gasteiger partial charge in [0.1, 0.15) is 0 Å². The summed E-state index contributed by atoms with van der Waals surface area (Å²) in [5.74, 6) is -0.0573. The van der Waals surface area contributed by atoms with E-state index in [1.165, 1.54) is 11.6 Å². The molecule has 0 aliphatic carbocycles. The van der Waals surface area contributed by atoms with Crippen LogP contribution in [-0.2, 0) is 11.2 Å². The minimum atomic E-state index is -0.230. The van der Waals surface area contributed by atoms with E-state index in [-0.39, 0.29) is 17.4 Å². The van der Waals surface area contributed by atoms with Gasteiger partial charge in [0, 0.05) is 24.8 Å². The Kier molecular flexibility index (Phi) is 4.41. The second-order valence-corrected chi connectivity index (χ2v) is 5.78. The average Bonchev–Trinajstić information content (AvgIpc) is 3.05. The van der Waals surface area contributed by atoms with Gasteiger partial charge in [0.15, 0.2) is 0 Å². The maximum Gasteiger partial charge on any atom is 0.266 e. The van der Waals surface area contributed by atoms with Crippen molar-refractivity contribution in [2.45, 2.75) is 19.8 Å². The Bertz CT molecular complexity index is 756. The van der Waals surface area contributed by atoms with E-state index in [0.717, 1.165) is 30.8 Å². The van der Waals surface area contributed by atoms with Gasteiger partial charge in [-0.15, -0.1) is 0 Å². The zero-order chi connectivity index (χ0) is 16.2. The number of nitrogens with zero attached hydrogens (tertiary/aromatic N) is 2. The molecule has 0 radical (unpaired) electrons. The molecular weight excluding hydrogens is 292 g/mol. The second-order valence-electron chi connectivity index (χ2n) is 5.78. The Morgan fingerprint density at radius 3 is 3.09 bits per heavy atom. The molecule has 0 spiro atoms. The molecule has 1 aliphatic heterocycles. The van der Waals surface area contributed by atoms with Gasteiger partial charge in [0.05, 0.1) is 17.8 Å². The van der Waals surface area contributed by atoms with Crippen LogP contribution in [0.4, 0.5) is 11.4 Å². The van der Waals surface area contributed by atoms with Crippen molar-refractivity contribution in [1.29, 1.82) is 0 Å². The monoisotopic (exact) mass is 312 g/mol. The fraction of sp³-hybridized carbons (Fsp3) is 0.353. The van der Waals surface area contributed by atoms with Gasteiger partial charge in [-0.3, -0.25) is 9.59 Å². The molecule has 6 heteroatoms. The number of anilines is 2. The number of H-pyrrole nitrogens is 1. The molecule has 6 nitrogen and oxygen atoms in total. The third-order valence-corrected chi connectivity index (χ3v) is 4.18. The maximum atomic E-state index is 12.4. The highest BCUT2D eigenvalue weighted by Crippen LogP contribution is 2.23. The SMILES string of the molecule is CCc1cccc(NC(=O)C2CCN(c3cn[nH]c(=O)c3)C2)c1. The van der Waals surface area contributed by atoms with Crippen LogP contribution in [0.3, 0.4) is 0 Å². The van der Waals surface area contributed by atoms with E-state index in [0.29, 0.717) is 6.54 Å². The summed E-state index contributed by atoms with van der Waals surface area (Å²) < 4.78 is 0. The molecule has 1 amide bonds. The van der Waals surface area contributed by atoms with Crippen molar-refractivity contribution in [3.63, 3.8) is 0 Å². The van der Waals surface area contributed by atoms with Gasteiger partial charge in [-0.2, -0.15) is 5.10 Å². The summed E-state index contributed by atoms with van der Waals surface area (Å²) in [6.07, 6.45) is 3.33. The maximum absolute atomic E-state index is 12.4. The van der Waals surface area contributed by atoms with Crippen LogP contribution in [-0.4, -0.2) is 29.2 Å². The van der Waals surface area contributed by atoms with E-state index in [1.807, 2.05) is 29.2 Å².